The highest BCUT2D eigenvalue weighted by Gasteiger charge is 2.05. The highest BCUT2D eigenvalue weighted by molar-refractivity contribution is 8.02. The van der Waals surface area contributed by atoms with E-state index in [4.69, 9.17) is 28.5 Å². The summed E-state index contributed by atoms with van der Waals surface area (Å²) >= 11 is 13.0. The number of nitrogens with zero attached hydrogens (tertiary/aromatic N) is 1. The fourth-order valence-corrected chi connectivity index (χ4v) is 1.64. The van der Waals surface area contributed by atoms with Gasteiger partial charge in [0.15, 0.2) is 0 Å². The number of halogens is 2. The maximum absolute atomic E-state index is 8.67. The lowest BCUT2D eigenvalue weighted by Crippen LogP contribution is -1.79. The lowest BCUT2D eigenvalue weighted by atomic mass is 10.3. The average molecular weight is 236 g/mol. The van der Waals surface area contributed by atoms with Crippen LogP contribution in [0.5, 0.6) is 0 Å². The van der Waals surface area contributed by atoms with Crippen molar-refractivity contribution in [1.82, 2.24) is 0 Å². The van der Waals surface area contributed by atoms with Crippen molar-refractivity contribution in [1.29, 1.82) is 5.26 Å². The zero-order valence-corrected chi connectivity index (χ0v) is 9.93. The van der Waals surface area contributed by atoms with Crippen LogP contribution in [0.4, 0.5) is 0 Å². The standard InChI is InChI=1S/C9H11Cl2NS/c1-3-4-5-7(10)9(11)8(6-12)13-2/h5H,3-4H2,1-2H3/b7-5+,9-8+. The minimum absolute atomic E-state index is 0.352. The molecular formula is C9H11Cl2NS. The topological polar surface area (TPSA) is 23.8 Å². The molecule has 0 amide bonds. The van der Waals surface area contributed by atoms with Gasteiger partial charge in [-0.1, -0.05) is 42.6 Å². The molecule has 0 spiro atoms. The van der Waals surface area contributed by atoms with Gasteiger partial charge in [0.1, 0.15) is 11.0 Å². The Hall–Kier alpha value is -0.100. The van der Waals surface area contributed by atoms with Gasteiger partial charge in [-0.3, -0.25) is 0 Å². The first-order chi connectivity index (χ1) is 6.17. The molecule has 0 aromatic carbocycles. The van der Waals surface area contributed by atoms with Crippen LogP contribution in [0.3, 0.4) is 0 Å². The molecule has 0 aliphatic rings. The Morgan fingerprint density at radius 3 is 2.54 bits per heavy atom. The van der Waals surface area contributed by atoms with Crippen molar-refractivity contribution >= 4 is 35.0 Å². The highest BCUT2D eigenvalue weighted by Crippen LogP contribution is 2.28. The molecule has 0 aliphatic carbocycles. The second kappa shape index (κ2) is 7.32. The summed E-state index contributed by atoms with van der Waals surface area (Å²) in [4.78, 5) is 0.457. The van der Waals surface area contributed by atoms with Gasteiger partial charge in [0.2, 0.25) is 0 Å². The summed E-state index contributed by atoms with van der Waals surface area (Å²) in [6, 6.07) is 1.99. The monoisotopic (exact) mass is 235 g/mol. The number of hydrogen-bond donors (Lipinski definition) is 0. The largest absolute Gasteiger partial charge is 0.192 e. The SMILES string of the molecule is CCC/C=C(Cl)\C(Cl)=C(\C#N)SC. The molecule has 0 aromatic rings. The zero-order valence-electron chi connectivity index (χ0n) is 7.60. The molecule has 0 atom stereocenters. The minimum atomic E-state index is 0.352. The fourth-order valence-electron chi connectivity index (χ4n) is 0.653. The lowest BCUT2D eigenvalue weighted by molar-refractivity contribution is 0.957. The van der Waals surface area contributed by atoms with Gasteiger partial charge in [-0.25, -0.2) is 0 Å². The summed E-state index contributed by atoms with van der Waals surface area (Å²) in [6.07, 6.45) is 5.52. The molecule has 72 valence electrons. The summed E-state index contributed by atoms with van der Waals surface area (Å²) < 4.78 is 0. The van der Waals surface area contributed by atoms with Crippen molar-refractivity contribution in [2.75, 3.05) is 6.26 Å². The van der Waals surface area contributed by atoms with Crippen LogP contribution in [0.25, 0.3) is 0 Å². The van der Waals surface area contributed by atoms with Crippen molar-refractivity contribution in [2.24, 2.45) is 0 Å². The Bertz CT molecular complexity index is 263. The second-order valence-corrected chi connectivity index (χ2v) is 3.90. The molecule has 0 aliphatic heterocycles. The Balaban J connectivity index is 4.66. The predicted molar refractivity (Wildman–Crippen MR) is 60.9 cm³/mol. The number of thioether (sulfide) groups is 1. The molecule has 0 radical (unpaired) electrons. The molecule has 0 fully saturated rings. The van der Waals surface area contributed by atoms with Crippen molar-refractivity contribution in [2.45, 2.75) is 19.8 Å². The van der Waals surface area contributed by atoms with E-state index in [-0.39, 0.29) is 0 Å². The lowest BCUT2D eigenvalue weighted by Gasteiger charge is -1.98. The van der Waals surface area contributed by atoms with Crippen LogP contribution in [-0.2, 0) is 0 Å². The number of allylic oxidation sites excluding steroid dienone is 4. The fraction of sp³-hybridized carbons (Fsp3) is 0.444. The summed E-state index contributed by atoms with van der Waals surface area (Å²) in [5.74, 6) is 0. The summed E-state index contributed by atoms with van der Waals surface area (Å²) in [6.45, 7) is 2.05. The zero-order chi connectivity index (χ0) is 10.3. The highest BCUT2D eigenvalue weighted by atomic mass is 35.5. The van der Waals surface area contributed by atoms with E-state index >= 15 is 0 Å². The van der Waals surface area contributed by atoms with Crippen LogP contribution >= 0.6 is 35.0 Å². The van der Waals surface area contributed by atoms with E-state index in [1.165, 1.54) is 11.8 Å². The Kier molecular flexibility index (Phi) is 7.26. The van der Waals surface area contributed by atoms with Gasteiger partial charge in [0.25, 0.3) is 0 Å². The third-order valence-corrected chi connectivity index (χ3v) is 2.98. The van der Waals surface area contributed by atoms with Crippen molar-refractivity contribution < 1.29 is 0 Å². The Morgan fingerprint density at radius 1 is 1.54 bits per heavy atom. The number of unbranched alkanes of at least 4 members (excludes halogenated alkanes) is 1. The molecule has 0 saturated heterocycles. The normalized spacial score (nSPS) is 13.6. The van der Waals surface area contributed by atoms with Gasteiger partial charge in [-0.05, 0) is 12.7 Å². The van der Waals surface area contributed by atoms with Crippen LogP contribution in [0.15, 0.2) is 21.0 Å². The summed E-state index contributed by atoms with van der Waals surface area (Å²) in [5, 5.41) is 9.49. The van der Waals surface area contributed by atoms with Crippen molar-refractivity contribution in [3.05, 3.63) is 21.0 Å². The first kappa shape index (κ1) is 12.9. The van der Waals surface area contributed by atoms with Crippen LogP contribution in [0.1, 0.15) is 19.8 Å². The van der Waals surface area contributed by atoms with Gasteiger partial charge in [0.05, 0.1) is 10.1 Å². The molecule has 1 nitrogen and oxygen atoms in total. The van der Waals surface area contributed by atoms with Crippen LogP contribution in [0, 0.1) is 11.3 Å². The van der Waals surface area contributed by atoms with Gasteiger partial charge in [-0.2, -0.15) is 5.26 Å². The summed E-state index contributed by atoms with van der Waals surface area (Å²) in [7, 11) is 0. The third-order valence-electron chi connectivity index (χ3n) is 1.33. The Morgan fingerprint density at radius 2 is 2.15 bits per heavy atom. The predicted octanol–water partition coefficient (Wildman–Crippen LogP) is 4.25. The van der Waals surface area contributed by atoms with E-state index in [2.05, 4.69) is 6.92 Å². The van der Waals surface area contributed by atoms with Crippen LogP contribution < -0.4 is 0 Å². The third kappa shape index (κ3) is 4.61. The Labute approximate surface area is 93.4 Å². The molecule has 0 unspecified atom stereocenters. The maximum Gasteiger partial charge on any atom is 0.108 e. The molecule has 13 heavy (non-hydrogen) atoms. The summed E-state index contributed by atoms with van der Waals surface area (Å²) in [5.41, 5.74) is 0. The van der Waals surface area contributed by atoms with E-state index in [1.807, 2.05) is 12.1 Å². The molecule has 0 aromatic heterocycles. The molecule has 0 rings (SSSR count). The number of hydrogen-bond acceptors (Lipinski definition) is 2. The molecule has 0 bridgehead atoms. The van der Waals surface area contributed by atoms with E-state index < -0.39 is 0 Å². The van der Waals surface area contributed by atoms with Crippen LogP contribution in [-0.4, -0.2) is 6.26 Å². The van der Waals surface area contributed by atoms with Gasteiger partial charge >= 0.3 is 0 Å². The van der Waals surface area contributed by atoms with Gasteiger partial charge in [0, 0.05) is 0 Å². The molecular weight excluding hydrogens is 225 g/mol. The first-order valence-electron chi connectivity index (χ1n) is 3.87. The quantitative estimate of drug-likeness (QED) is 0.538. The molecule has 4 heteroatoms. The van der Waals surface area contributed by atoms with E-state index in [9.17, 15) is 0 Å². The number of nitriles is 1. The smallest absolute Gasteiger partial charge is 0.108 e. The van der Waals surface area contributed by atoms with E-state index in [0.29, 0.717) is 15.0 Å². The van der Waals surface area contributed by atoms with E-state index in [1.54, 1.807) is 6.26 Å². The molecule has 0 heterocycles. The van der Waals surface area contributed by atoms with Gasteiger partial charge in [-0.15, -0.1) is 11.8 Å². The molecule has 0 saturated carbocycles. The average Bonchev–Trinajstić information content (AvgIpc) is 2.15. The first-order valence-corrected chi connectivity index (χ1v) is 5.85. The minimum Gasteiger partial charge on any atom is -0.192 e. The van der Waals surface area contributed by atoms with Gasteiger partial charge < -0.3 is 0 Å². The van der Waals surface area contributed by atoms with Crippen molar-refractivity contribution in [3.63, 3.8) is 0 Å². The second-order valence-electron chi connectivity index (χ2n) is 2.30. The van der Waals surface area contributed by atoms with Crippen molar-refractivity contribution in [3.8, 4) is 6.07 Å². The van der Waals surface area contributed by atoms with Crippen LogP contribution in [0.2, 0.25) is 0 Å². The maximum atomic E-state index is 8.67. The number of rotatable bonds is 4. The molecule has 0 N–H and O–H groups in total. The van der Waals surface area contributed by atoms with E-state index in [0.717, 1.165) is 12.8 Å².